The molecule has 1 atom stereocenters. The molecule has 0 aliphatic heterocycles. The van der Waals surface area contributed by atoms with Crippen molar-refractivity contribution in [2.24, 2.45) is 0 Å². The van der Waals surface area contributed by atoms with Crippen molar-refractivity contribution in [1.82, 2.24) is 4.90 Å². The van der Waals surface area contributed by atoms with Gasteiger partial charge in [0, 0.05) is 22.7 Å². The fraction of sp³-hybridized carbons (Fsp3) is 0.533. The Morgan fingerprint density at radius 3 is 2.68 bits per heavy atom. The van der Waals surface area contributed by atoms with Gasteiger partial charge in [0.05, 0.1) is 5.56 Å². The lowest BCUT2D eigenvalue weighted by molar-refractivity contribution is 0.0684. The molecule has 0 heterocycles. The predicted octanol–water partition coefficient (Wildman–Crippen LogP) is 4.07. The molecule has 0 saturated heterocycles. The van der Waals surface area contributed by atoms with Gasteiger partial charge in [0.25, 0.3) is 5.91 Å². The van der Waals surface area contributed by atoms with Crippen LogP contribution in [0.5, 0.6) is 0 Å². The first-order valence-corrected chi connectivity index (χ1v) is 7.66. The van der Waals surface area contributed by atoms with Crippen molar-refractivity contribution in [2.75, 3.05) is 12.3 Å². The molecule has 0 saturated carbocycles. The molecule has 0 aromatic heterocycles. The monoisotopic (exact) mass is 326 g/mol. The number of hydrogen-bond acceptors (Lipinski definition) is 2. The Morgan fingerprint density at radius 1 is 1.42 bits per heavy atom. The lowest BCUT2D eigenvalue weighted by Crippen LogP contribution is -2.39. The summed E-state index contributed by atoms with van der Waals surface area (Å²) in [6.07, 6.45) is 3.06. The maximum Gasteiger partial charge on any atom is 0.255 e. The highest BCUT2D eigenvalue weighted by molar-refractivity contribution is 9.10. The number of halogens is 1. The molecule has 2 N–H and O–H groups in total. The highest BCUT2D eigenvalue weighted by Crippen LogP contribution is 2.22. The number of hydrogen-bond donors (Lipinski definition) is 1. The summed E-state index contributed by atoms with van der Waals surface area (Å²) in [7, 11) is 0. The molecule has 3 nitrogen and oxygen atoms in total. The summed E-state index contributed by atoms with van der Waals surface area (Å²) >= 11 is 3.44. The third-order valence-corrected chi connectivity index (χ3v) is 4.05. The van der Waals surface area contributed by atoms with Crippen LogP contribution in [0.2, 0.25) is 0 Å². The van der Waals surface area contributed by atoms with Gasteiger partial charge >= 0.3 is 0 Å². The fourth-order valence-corrected chi connectivity index (χ4v) is 2.35. The summed E-state index contributed by atoms with van der Waals surface area (Å²) in [5.74, 6) is 0.0574. The van der Waals surface area contributed by atoms with Gasteiger partial charge in [0.15, 0.2) is 0 Å². The van der Waals surface area contributed by atoms with Crippen LogP contribution in [-0.2, 0) is 0 Å². The molecule has 1 rings (SSSR count). The normalized spacial score (nSPS) is 12.2. The summed E-state index contributed by atoms with van der Waals surface area (Å²) in [5.41, 5.74) is 7.05. The lowest BCUT2D eigenvalue weighted by atomic mass is 10.1. The smallest absolute Gasteiger partial charge is 0.255 e. The van der Waals surface area contributed by atoms with Crippen molar-refractivity contribution >= 4 is 27.5 Å². The first-order valence-electron chi connectivity index (χ1n) is 6.87. The van der Waals surface area contributed by atoms with Crippen molar-refractivity contribution < 1.29 is 4.79 Å². The Kier molecular flexibility index (Phi) is 6.35. The molecule has 1 unspecified atom stereocenters. The first kappa shape index (κ1) is 16.0. The van der Waals surface area contributed by atoms with Crippen molar-refractivity contribution in [3.8, 4) is 0 Å². The van der Waals surface area contributed by atoms with E-state index in [2.05, 4.69) is 36.7 Å². The maximum absolute atomic E-state index is 12.7. The zero-order chi connectivity index (χ0) is 14.4. The minimum Gasteiger partial charge on any atom is -0.399 e. The first-order chi connectivity index (χ1) is 9.01. The van der Waals surface area contributed by atoms with Crippen LogP contribution in [-0.4, -0.2) is 23.4 Å². The number of anilines is 1. The third-order valence-electron chi connectivity index (χ3n) is 3.36. The number of carbonyl (C=O) groups excluding carboxylic acids is 1. The Bertz CT molecular complexity index is 434. The van der Waals surface area contributed by atoms with Crippen LogP contribution in [0.3, 0.4) is 0 Å². The Hall–Kier alpha value is -1.03. The second kappa shape index (κ2) is 7.53. The number of carbonyl (C=O) groups is 1. The van der Waals surface area contributed by atoms with Crippen molar-refractivity contribution in [3.63, 3.8) is 0 Å². The molecule has 0 bridgehead atoms. The number of nitrogen functional groups attached to an aromatic ring is 1. The summed E-state index contributed by atoms with van der Waals surface area (Å²) in [6.45, 7) is 7.13. The summed E-state index contributed by atoms with van der Waals surface area (Å²) < 4.78 is 0.802. The summed E-state index contributed by atoms with van der Waals surface area (Å²) in [6, 6.07) is 5.61. The van der Waals surface area contributed by atoms with Gasteiger partial charge in [-0.2, -0.15) is 0 Å². The van der Waals surface area contributed by atoms with E-state index < -0.39 is 0 Å². The molecule has 0 aliphatic carbocycles. The molecule has 1 amide bonds. The van der Waals surface area contributed by atoms with Gasteiger partial charge < -0.3 is 10.6 Å². The van der Waals surface area contributed by atoms with E-state index in [9.17, 15) is 4.79 Å². The Labute approximate surface area is 124 Å². The minimum absolute atomic E-state index is 0.0574. The van der Waals surface area contributed by atoms with Crippen LogP contribution < -0.4 is 5.73 Å². The molecule has 0 radical (unpaired) electrons. The topological polar surface area (TPSA) is 46.3 Å². The third kappa shape index (κ3) is 4.23. The number of benzene rings is 1. The van der Waals surface area contributed by atoms with Gasteiger partial charge in [0.2, 0.25) is 0 Å². The standard InChI is InChI=1S/C15H23BrN2O/c1-4-6-9-18(11(3)5-2)15(19)13-10-12(17)7-8-14(13)16/h7-8,10-11H,4-6,9,17H2,1-3H3. The van der Waals surface area contributed by atoms with Crippen molar-refractivity contribution in [2.45, 2.75) is 46.1 Å². The Balaban J connectivity index is 3.00. The minimum atomic E-state index is 0.0574. The molecule has 0 aliphatic rings. The quantitative estimate of drug-likeness (QED) is 0.801. The van der Waals surface area contributed by atoms with Gasteiger partial charge in [-0.15, -0.1) is 0 Å². The number of rotatable bonds is 6. The molecule has 4 heteroatoms. The van der Waals surface area contributed by atoms with Crippen molar-refractivity contribution in [3.05, 3.63) is 28.2 Å². The highest BCUT2D eigenvalue weighted by atomic mass is 79.9. The second-order valence-corrected chi connectivity index (χ2v) is 5.70. The number of nitrogens with two attached hydrogens (primary N) is 1. The molecular weight excluding hydrogens is 304 g/mol. The average Bonchev–Trinajstić information content (AvgIpc) is 2.41. The van der Waals surface area contributed by atoms with Crippen LogP contribution >= 0.6 is 15.9 Å². The number of nitrogens with zero attached hydrogens (tertiary/aromatic N) is 1. The van der Waals surface area contributed by atoms with Gasteiger partial charge in [-0.05, 0) is 53.9 Å². The van der Waals surface area contributed by atoms with E-state index in [1.54, 1.807) is 12.1 Å². The summed E-state index contributed by atoms with van der Waals surface area (Å²) in [4.78, 5) is 14.6. The van der Waals surface area contributed by atoms with E-state index >= 15 is 0 Å². The predicted molar refractivity (Wildman–Crippen MR) is 84.3 cm³/mol. The molecule has 1 aromatic rings. The largest absolute Gasteiger partial charge is 0.399 e. The fourth-order valence-electron chi connectivity index (χ4n) is 1.93. The molecule has 19 heavy (non-hydrogen) atoms. The van der Waals surface area contributed by atoms with Crippen LogP contribution in [0.25, 0.3) is 0 Å². The van der Waals surface area contributed by atoms with Gasteiger partial charge in [-0.3, -0.25) is 4.79 Å². The lowest BCUT2D eigenvalue weighted by Gasteiger charge is -2.29. The van der Waals surface area contributed by atoms with Gasteiger partial charge in [-0.25, -0.2) is 0 Å². The van der Waals surface area contributed by atoms with Crippen LogP contribution in [0, 0.1) is 0 Å². The van der Waals surface area contributed by atoms with Gasteiger partial charge in [0.1, 0.15) is 0 Å². The second-order valence-electron chi connectivity index (χ2n) is 4.85. The van der Waals surface area contributed by atoms with E-state index in [4.69, 9.17) is 5.73 Å². The molecule has 0 spiro atoms. The zero-order valence-electron chi connectivity index (χ0n) is 11.9. The van der Waals surface area contributed by atoms with E-state index in [1.807, 2.05) is 11.0 Å². The zero-order valence-corrected chi connectivity index (χ0v) is 13.5. The number of amides is 1. The molecule has 0 fully saturated rings. The summed E-state index contributed by atoms with van der Waals surface area (Å²) in [5, 5.41) is 0. The average molecular weight is 327 g/mol. The number of unbranched alkanes of at least 4 members (excludes halogenated alkanes) is 1. The van der Waals surface area contributed by atoms with E-state index in [-0.39, 0.29) is 11.9 Å². The SMILES string of the molecule is CCCCN(C(=O)c1cc(N)ccc1Br)C(C)CC. The molecular formula is C15H23BrN2O. The molecule has 1 aromatic carbocycles. The van der Waals surface area contributed by atoms with E-state index in [0.717, 1.165) is 30.3 Å². The molecule has 106 valence electrons. The maximum atomic E-state index is 12.7. The van der Waals surface area contributed by atoms with Crippen LogP contribution in [0.4, 0.5) is 5.69 Å². The highest BCUT2D eigenvalue weighted by Gasteiger charge is 2.21. The van der Waals surface area contributed by atoms with E-state index in [1.165, 1.54) is 0 Å². The Morgan fingerprint density at radius 2 is 2.11 bits per heavy atom. The van der Waals surface area contributed by atoms with E-state index in [0.29, 0.717) is 11.3 Å². The van der Waals surface area contributed by atoms with Crippen molar-refractivity contribution in [1.29, 1.82) is 0 Å². The van der Waals surface area contributed by atoms with Crippen LogP contribution in [0.15, 0.2) is 22.7 Å². The van der Waals surface area contributed by atoms with Crippen LogP contribution in [0.1, 0.15) is 50.4 Å². The van der Waals surface area contributed by atoms with Gasteiger partial charge in [-0.1, -0.05) is 20.3 Å².